The Balaban J connectivity index is 0.000000157. The van der Waals surface area contributed by atoms with Crippen LogP contribution in [-0.4, -0.2) is 25.0 Å². The second-order valence-electron chi connectivity index (χ2n) is 9.05. The smallest absolute Gasteiger partial charge is 0.870 e. The Kier molecular flexibility index (Phi) is 8.74. The van der Waals surface area contributed by atoms with Gasteiger partial charge in [-0.2, -0.15) is 0 Å². The molecule has 0 saturated heterocycles. The monoisotopic (exact) mass is 586 g/mol. The zero-order valence-electron chi connectivity index (χ0n) is 22.3. The number of pyridine rings is 2. The van der Waals surface area contributed by atoms with E-state index in [1.54, 1.807) is 47.7 Å². The molecule has 0 aliphatic carbocycles. The Bertz CT molecular complexity index is 1970. The van der Waals surface area contributed by atoms with Crippen molar-refractivity contribution in [2.45, 2.75) is 0 Å². The van der Waals surface area contributed by atoms with Crippen molar-refractivity contribution in [3.05, 3.63) is 109 Å². The number of rotatable bonds is 4. The standard InChI is InChI=1S/C16H12N2OS.C15H10N2OS.Na.H2O/c1-18-9-14(11-4-5-19-10-11)13-7-12(8-17-16(13)18)15-3-2-6-20-15;1-2-14(19-5-1)11-6-12-13(10-3-4-18-9-10)8-17-15(12)16-7-11;;/h2-10H,1H3;1-9H,(H,16,17);;1H2/q;;+1;/p-1. The summed E-state index contributed by atoms with van der Waals surface area (Å²) < 4.78 is 12.4. The maximum Gasteiger partial charge on any atom is 1.00 e. The molecule has 7 nitrogen and oxygen atoms in total. The number of hydrogen-bond acceptors (Lipinski definition) is 7. The van der Waals surface area contributed by atoms with Crippen molar-refractivity contribution >= 4 is 44.7 Å². The van der Waals surface area contributed by atoms with Crippen LogP contribution in [0.15, 0.2) is 118 Å². The van der Waals surface area contributed by atoms with Crippen LogP contribution in [0.5, 0.6) is 0 Å². The van der Waals surface area contributed by atoms with Gasteiger partial charge in [0.1, 0.15) is 11.3 Å². The van der Waals surface area contributed by atoms with Gasteiger partial charge in [0.25, 0.3) is 0 Å². The van der Waals surface area contributed by atoms with E-state index in [2.05, 4.69) is 72.9 Å². The van der Waals surface area contributed by atoms with E-state index < -0.39 is 0 Å². The third-order valence-electron chi connectivity index (χ3n) is 6.62. The first kappa shape index (κ1) is 28.8. The number of aromatic amines is 1. The van der Waals surface area contributed by atoms with Crippen LogP contribution in [0.4, 0.5) is 0 Å². The Morgan fingerprint density at radius 2 is 1.37 bits per heavy atom. The molecule has 8 aromatic rings. The van der Waals surface area contributed by atoms with Gasteiger partial charge >= 0.3 is 29.6 Å². The molecule has 0 fully saturated rings. The second kappa shape index (κ2) is 12.4. The average molecular weight is 587 g/mol. The van der Waals surface area contributed by atoms with Crippen LogP contribution in [0.25, 0.3) is 65.2 Å². The van der Waals surface area contributed by atoms with Crippen molar-refractivity contribution in [3.8, 4) is 43.1 Å². The van der Waals surface area contributed by atoms with Gasteiger partial charge in [-0.05, 0) is 47.2 Å². The minimum atomic E-state index is 0. The number of fused-ring (bicyclic) bond motifs is 2. The maximum atomic E-state index is 5.20. The molecule has 8 heterocycles. The van der Waals surface area contributed by atoms with E-state index in [1.165, 1.54) is 9.75 Å². The van der Waals surface area contributed by atoms with Crippen LogP contribution in [-0.2, 0) is 7.05 Å². The molecule has 41 heavy (non-hydrogen) atoms. The van der Waals surface area contributed by atoms with E-state index in [-0.39, 0.29) is 35.0 Å². The maximum absolute atomic E-state index is 5.20. The van der Waals surface area contributed by atoms with Gasteiger partial charge in [-0.3, -0.25) is 0 Å². The van der Waals surface area contributed by atoms with E-state index in [0.717, 1.165) is 55.4 Å². The molecule has 0 aliphatic heterocycles. The summed E-state index contributed by atoms with van der Waals surface area (Å²) in [7, 11) is 2.02. The molecule has 0 amide bonds. The summed E-state index contributed by atoms with van der Waals surface area (Å²) in [4.78, 5) is 14.8. The topological polar surface area (TPSA) is 103 Å². The zero-order valence-corrected chi connectivity index (χ0v) is 25.9. The van der Waals surface area contributed by atoms with Crippen molar-refractivity contribution < 1.29 is 43.9 Å². The summed E-state index contributed by atoms with van der Waals surface area (Å²) in [5.74, 6) is 0. The van der Waals surface area contributed by atoms with Crippen LogP contribution >= 0.6 is 22.7 Å². The predicted molar refractivity (Wildman–Crippen MR) is 161 cm³/mol. The number of aryl methyl sites for hydroxylation is 1. The summed E-state index contributed by atoms with van der Waals surface area (Å²) in [5, 5.41) is 6.43. The average Bonchev–Trinajstić information content (AvgIpc) is 3.80. The van der Waals surface area contributed by atoms with Gasteiger partial charge in [-0.1, -0.05) is 12.1 Å². The number of furan rings is 2. The van der Waals surface area contributed by atoms with Crippen LogP contribution in [0.1, 0.15) is 0 Å². The Labute approximate surface area is 265 Å². The predicted octanol–water partition coefficient (Wildman–Crippen LogP) is 5.94. The Morgan fingerprint density at radius 1 is 0.756 bits per heavy atom. The number of aromatic nitrogens is 4. The first-order chi connectivity index (χ1) is 19.2. The van der Waals surface area contributed by atoms with Crippen molar-refractivity contribution in [1.82, 2.24) is 19.5 Å². The number of H-pyrrole nitrogens is 1. The normalized spacial score (nSPS) is 10.7. The van der Waals surface area contributed by atoms with Crippen LogP contribution < -0.4 is 29.6 Å². The molecule has 10 heteroatoms. The Morgan fingerprint density at radius 3 is 1.95 bits per heavy atom. The van der Waals surface area contributed by atoms with E-state index in [0.29, 0.717) is 0 Å². The quantitative estimate of drug-likeness (QED) is 0.257. The molecule has 0 saturated carbocycles. The molecule has 8 aromatic heterocycles. The first-order valence-electron chi connectivity index (χ1n) is 12.3. The molecule has 0 atom stereocenters. The van der Waals surface area contributed by atoms with Gasteiger partial charge < -0.3 is 23.9 Å². The molecule has 0 aromatic carbocycles. The third-order valence-corrected chi connectivity index (χ3v) is 8.46. The van der Waals surface area contributed by atoms with Crippen molar-refractivity contribution in [1.29, 1.82) is 0 Å². The van der Waals surface area contributed by atoms with Crippen molar-refractivity contribution in [2.75, 3.05) is 0 Å². The van der Waals surface area contributed by atoms with Gasteiger partial charge in [-0.15, -0.1) is 22.7 Å². The summed E-state index contributed by atoms with van der Waals surface area (Å²) in [5.41, 5.74) is 8.61. The van der Waals surface area contributed by atoms with Crippen LogP contribution in [0, 0.1) is 0 Å². The fourth-order valence-corrected chi connectivity index (χ4v) is 6.14. The van der Waals surface area contributed by atoms with Gasteiger partial charge in [0.05, 0.1) is 25.1 Å². The first-order valence-corrected chi connectivity index (χ1v) is 14.1. The van der Waals surface area contributed by atoms with Gasteiger partial charge in [-0.25, -0.2) is 9.97 Å². The van der Waals surface area contributed by atoms with Gasteiger partial charge in [0, 0.05) is 85.7 Å². The molecule has 8 rings (SSSR count). The van der Waals surface area contributed by atoms with Crippen molar-refractivity contribution in [2.24, 2.45) is 7.05 Å². The van der Waals surface area contributed by atoms with Crippen molar-refractivity contribution in [3.63, 3.8) is 0 Å². The molecular weight excluding hydrogens is 563 g/mol. The van der Waals surface area contributed by atoms with Gasteiger partial charge in [0.2, 0.25) is 0 Å². The molecule has 0 radical (unpaired) electrons. The molecule has 0 aliphatic rings. The summed E-state index contributed by atoms with van der Waals surface area (Å²) in [6, 6.07) is 16.7. The zero-order chi connectivity index (χ0) is 26.2. The molecular formula is C31H23N4NaO3S2. The SMILES string of the molecule is Cn1cc(-c2ccoc2)c2cc(-c3cccs3)cnc21.[Na+].[OH-].c1csc(-c2cnc3[nH]cc(-c4ccoc4)c3c2)c1. The molecule has 198 valence electrons. The van der Waals surface area contributed by atoms with E-state index in [4.69, 9.17) is 8.83 Å². The third kappa shape index (κ3) is 5.60. The van der Waals surface area contributed by atoms with Gasteiger partial charge in [0.15, 0.2) is 0 Å². The summed E-state index contributed by atoms with van der Waals surface area (Å²) in [6.45, 7) is 0. The number of nitrogens with zero attached hydrogens (tertiary/aromatic N) is 3. The van der Waals surface area contributed by atoms with Crippen LogP contribution in [0.2, 0.25) is 0 Å². The van der Waals surface area contributed by atoms with E-state index >= 15 is 0 Å². The summed E-state index contributed by atoms with van der Waals surface area (Å²) >= 11 is 3.45. The number of hydrogen-bond donors (Lipinski definition) is 1. The number of thiophene rings is 2. The Hall–Kier alpha value is -3.70. The summed E-state index contributed by atoms with van der Waals surface area (Å²) in [6.07, 6.45) is 14.8. The minimum absolute atomic E-state index is 0. The fourth-order valence-electron chi connectivity index (χ4n) is 4.72. The van der Waals surface area contributed by atoms with Crippen LogP contribution in [0.3, 0.4) is 0 Å². The second-order valence-corrected chi connectivity index (χ2v) is 10.9. The molecule has 0 bridgehead atoms. The molecule has 0 unspecified atom stereocenters. The number of nitrogens with one attached hydrogen (secondary N) is 1. The minimum Gasteiger partial charge on any atom is -0.870 e. The fraction of sp³-hybridized carbons (Fsp3) is 0.0323. The largest absolute Gasteiger partial charge is 1.00 e. The van der Waals surface area contributed by atoms with E-state index in [1.807, 2.05) is 37.8 Å². The molecule has 2 N–H and O–H groups in total. The van der Waals surface area contributed by atoms with E-state index in [9.17, 15) is 0 Å². The molecule has 0 spiro atoms.